The van der Waals surface area contributed by atoms with Crippen LogP contribution in [0, 0.1) is 17.5 Å². The van der Waals surface area contributed by atoms with Gasteiger partial charge in [0.05, 0.1) is 11.5 Å². The molecule has 0 aliphatic carbocycles. The van der Waals surface area contributed by atoms with Gasteiger partial charge in [-0.25, -0.2) is 13.2 Å². The molecule has 0 saturated carbocycles. The van der Waals surface area contributed by atoms with E-state index in [0.717, 1.165) is 23.5 Å². The second kappa shape index (κ2) is 8.62. The van der Waals surface area contributed by atoms with Crippen molar-refractivity contribution < 1.29 is 27.5 Å². The number of thiophene rings is 1. The van der Waals surface area contributed by atoms with Crippen LogP contribution in [0.3, 0.4) is 0 Å². The first kappa shape index (κ1) is 20.8. The molecule has 0 aliphatic rings. The number of methoxy groups -OCH3 is 1. The van der Waals surface area contributed by atoms with Crippen LogP contribution in [0.4, 0.5) is 13.2 Å². The summed E-state index contributed by atoms with van der Waals surface area (Å²) >= 11 is 1.05. The van der Waals surface area contributed by atoms with Gasteiger partial charge in [-0.1, -0.05) is 12.1 Å². The molecule has 2 aromatic carbocycles. The molecule has 29 heavy (non-hydrogen) atoms. The molecule has 2 amide bonds. The van der Waals surface area contributed by atoms with Gasteiger partial charge in [-0.15, -0.1) is 11.3 Å². The Hall–Kier alpha value is -2.91. The van der Waals surface area contributed by atoms with Crippen LogP contribution in [-0.4, -0.2) is 26.0 Å². The molecule has 0 radical (unpaired) electrons. The molecule has 1 unspecified atom stereocenters. The van der Waals surface area contributed by atoms with Crippen molar-refractivity contribution in [1.82, 2.24) is 10.6 Å². The van der Waals surface area contributed by atoms with Crippen LogP contribution in [0.25, 0.3) is 10.1 Å². The second-order valence-electron chi connectivity index (χ2n) is 6.15. The summed E-state index contributed by atoms with van der Waals surface area (Å²) < 4.78 is 46.9. The fourth-order valence-electron chi connectivity index (χ4n) is 2.97. The lowest BCUT2D eigenvalue weighted by molar-refractivity contribution is -0.122. The molecule has 0 aliphatic heterocycles. The minimum atomic E-state index is -1.27. The van der Waals surface area contributed by atoms with Gasteiger partial charge in [-0.05, 0) is 29.8 Å². The predicted molar refractivity (Wildman–Crippen MR) is 103 cm³/mol. The highest BCUT2D eigenvalue weighted by Crippen LogP contribution is 2.34. The van der Waals surface area contributed by atoms with Gasteiger partial charge >= 0.3 is 0 Å². The van der Waals surface area contributed by atoms with E-state index in [1.54, 1.807) is 6.07 Å². The zero-order chi connectivity index (χ0) is 21.1. The van der Waals surface area contributed by atoms with Crippen molar-refractivity contribution in [2.75, 3.05) is 14.2 Å². The van der Waals surface area contributed by atoms with Crippen LogP contribution >= 0.6 is 11.3 Å². The van der Waals surface area contributed by atoms with Gasteiger partial charge in [-0.3, -0.25) is 9.59 Å². The summed E-state index contributed by atoms with van der Waals surface area (Å²) in [5.41, 5.74) is 0.418. The highest BCUT2D eigenvalue weighted by Gasteiger charge is 2.27. The van der Waals surface area contributed by atoms with Gasteiger partial charge in [0, 0.05) is 29.8 Å². The molecule has 1 heterocycles. The molecule has 1 aromatic heterocycles. The minimum Gasteiger partial charge on any atom is -0.380 e. The molecule has 0 spiro atoms. The molecule has 0 saturated heterocycles. The van der Waals surface area contributed by atoms with Crippen molar-refractivity contribution in [3.05, 3.63) is 69.9 Å². The van der Waals surface area contributed by atoms with E-state index in [2.05, 4.69) is 10.6 Å². The van der Waals surface area contributed by atoms with E-state index in [1.165, 1.54) is 32.4 Å². The maximum absolute atomic E-state index is 14.3. The monoisotopic (exact) mass is 422 g/mol. The SMILES string of the molecule is CNC(=O)C(NC(=O)c1sc2cccc(F)c2c1COC)c1ccc(F)c(F)c1. The Kier molecular flexibility index (Phi) is 6.19. The maximum atomic E-state index is 14.3. The Morgan fingerprint density at radius 2 is 1.86 bits per heavy atom. The Morgan fingerprint density at radius 1 is 1.10 bits per heavy atom. The van der Waals surface area contributed by atoms with Crippen molar-refractivity contribution in [1.29, 1.82) is 0 Å². The third-order valence-corrected chi connectivity index (χ3v) is 5.52. The standard InChI is InChI=1S/C20H17F3N2O3S/c1-24-19(26)17(10-6-7-12(21)14(23)8-10)25-20(27)18-11(9-28-2)16-13(22)4-3-5-15(16)29-18/h3-8,17H,9H2,1-2H3,(H,24,26)(H,25,27). The second-order valence-corrected chi connectivity index (χ2v) is 7.20. The number of fused-ring (bicyclic) bond motifs is 1. The van der Waals surface area contributed by atoms with Crippen LogP contribution in [0.1, 0.15) is 26.8 Å². The number of benzene rings is 2. The van der Waals surface area contributed by atoms with Crippen molar-refractivity contribution >= 4 is 33.2 Å². The number of nitrogens with one attached hydrogen (secondary N) is 2. The largest absolute Gasteiger partial charge is 0.380 e. The third kappa shape index (κ3) is 4.10. The molecule has 5 nitrogen and oxygen atoms in total. The average molecular weight is 422 g/mol. The van der Waals surface area contributed by atoms with Crippen LogP contribution in [0.2, 0.25) is 0 Å². The highest BCUT2D eigenvalue weighted by atomic mass is 32.1. The lowest BCUT2D eigenvalue weighted by Crippen LogP contribution is -2.39. The quantitative estimate of drug-likeness (QED) is 0.637. The molecule has 0 fully saturated rings. The van der Waals surface area contributed by atoms with Gasteiger partial charge in [0.1, 0.15) is 11.9 Å². The van der Waals surface area contributed by atoms with Crippen molar-refractivity contribution in [2.24, 2.45) is 0 Å². The van der Waals surface area contributed by atoms with Crippen LogP contribution in [0.5, 0.6) is 0 Å². The van der Waals surface area contributed by atoms with Crippen LogP contribution < -0.4 is 10.6 Å². The smallest absolute Gasteiger partial charge is 0.262 e. The number of carbonyl (C=O) groups is 2. The Balaban J connectivity index is 2.02. The summed E-state index contributed by atoms with van der Waals surface area (Å²) in [5, 5.41) is 5.17. The number of halogens is 3. The van der Waals surface area contributed by atoms with E-state index in [-0.39, 0.29) is 22.4 Å². The first-order valence-corrected chi connectivity index (χ1v) is 9.35. The highest BCUT2D eigenvalue weighted by molar-refractivity contribution is 7.21. The molecular weight excluding hydrogens is 405 g/mol. The van der Waals surface area contributed by atoms with Crippen molar-refractivity contribution in [2.45, 2.75) is 12.6 Å². The summed E-state index contributed by atoms with van der Waals surface area (Å²) in [7, 11) is 2.77. The lowest BCUT2D eigenvalue weighted by atomic mass is 10.0. The number of hydrogen-bond donors (Lipinski definition) is 2. The minimum absolute atomic E-state index is 0.0144. The summed E-state index contributed by atoms with van der Waals surface area (Å²) in [6.07, 6.45) is 0. The Morgan fingerprint density at radius 3 is 2.52 bits per heavy atom. The Labute approximate surface area is 168 Å². The summed E-state index contributed by atoms with van der Waals surface area (Å²) in [6, 6.07) is 6.14. The van der Waals surface area contributed by atoms with Crippen molar-refractivity contribution in [3.63, 3.8) is 0 Å². The molecule has 1 atom stereocenters. The summed E-state index contributed by atoms with van der Waals surface area (Å²) in [4.78, 5) is 25.4. The number of carbonyl (C=O) groups excluding carboxylic acids is 2. The van der Waals surface area contributed by atoms with E-state index >= 15 is 0 Å². The molecule has 2 N–H and O–H groups in total. The third-order valence-electron chi connectivity index (χ3n) is 4.32. The lowest BCUT2D eigenvalue weighted by Gasteiger charge is -2.18. The zero-order valence-electron chi connectivity index (χ0n) is 15.5. The van der Waals surface area contributed by atoms with Gasteiger partial charge in [0.15, 0.2) is 11.6 Å². The van der Waals surface area contributed by atoms with E-state index in [0.29, 0.717) is 10.3 Å². The van der Waals surface area contributed by atoms with Gasteiger partial charge in [-0.2, -0.15) is 0 Å². The zero-order valence-corrected chi connectivity index (χ0v) is 16.3. The van der Waals surface area contributed by atoms with Gasteiger partial charge in [0.25, 0.3) is 5.91 Å². The van der Waals surface area contributed by atoms with Gasteiger partial charge in [0.2, 0.25) is 5.91 Å². The maximum Gasteiger partial charge on any atom is 0.262 e. The topological polar surface area (TPSA) is 67.4 Å². The fraction of sp³-hybridized carbons (Fsp3) is 0.200. The number of likely N-dealkylation sites (N-methyl/N-ethyl adjacent to an activating group) is 1. The number of rotatable bonds is 6. The van der Waals surface area contributed by atoms with E-state index in [4.69, 9.17) is 4.74 Å². The van der Waals surface area contributed by atoms with E-state index in [1.807, 2.05) is 0 Å². The molecule has 152 valence electrons. The normalized spacial score (nSPS) is 12.0. The molecule has 0 bridgehead atoms. The van der Waals surface area contributed by atoms with E-state index < -0.39 is 35.3 Å². The predicted octanol–water partition coefficient (Wildman–Crippen LogP) is 3.68. The molecule has 3 rings (SSSR count). The number of hydrogen-bond acceptors (Lipinski definition) is 4. The number of ether oxygens (including phenoxy) is 1. The first-order valence-electron chi connectivity index (χ1n) is 8.53. The first-order chi connectivity index (χ1) is 13.9. The van der Waals surface area contributed by atoms with Crippen molar-refractivity contribution in [3.8, 4) is 0 Å². The Bertz CT molecular complexity index is 1080. The summed E-state index contributed by atoms with van der Waals surface area (Å²) in [6.45, 7) is -0.0144. The molecule has 3 aromatic rings. The molecular formula is C20H17F3N2O3S. The van der Waals surface area contributed by atoms with Gasteiger partial charge < -0.3 is 15.4 Å². The average Bonchev–Trinajstić information content (AvgIpc) is 3.08. The number of amides is 2. The fourth-order valence-corrected chi connectivity index (χ4v) is 4.09. The van der Waals surface area contributed by atoms with E-state index in [9.17, 15) is 22.8 Å². The van der Waals surface area contributed by atoms with Crippen LogP contribution in [0.15, 0.2) is 36.4 Å². The summed E-state index contributed by atoms with van der Waals surface area (Å²) in [5.74, 6) is -3.98. The molecule has 9 heteroatoms. The van der Waals surface area contributed by atoms with Crippen LogP contribution in [-0.2, 0) is 16.1 Å².